The van der Waals surface area contributed by atoms with Crippen molar-refractivity contribution < 1.29 is 48.7 Å². The molecule has 0 aromatic rings. The molecule has 0 aromatic heterocycles. The summed E-state index contributed by atoms with van der Waals surface area (Å²) in [6.45, 7) is 14.4. The number of epoxide rings is 1. The second kappa shape index (κ2) is 17.1. The number of ether oxygens (including phenoxy) is 4. The van der Waals surface area contributed by atoms with Crippen molar-refractivity contribution in [3.05, 3.63) is 36.0 Å². The van der Waals surface area contributed by atoms with Crippen molar-refractivity contribution in [2.45, 2.75) is 128 Å². The molecule has 0 radical (unpaired) electrons. The van der Waals surface area contributed by atoms with Crippen LogP contribution in [0.5, 0.6) is 0 Å². The van der Waals surface area contributed by atoms with Gasteiger partial charge in [0.2, 0.25) is 0 Å². The van der Waals surface area contributed by atoms with Crippen molar-refractivity contribution in [1.29, 1.82) is 0 Å². The minimum atomic E-state index is -1.32. The lowest BCUT2D eigenvalue weighted by Crippen LogP contribution is -2.52. The van der Waals surface area contributed by atoms with Gasteiger partial charge in [-0.15, -0.1) is 0 Å². The molecule has 10 atom stereocenters. The number of cyclic esters (lactones) is 1. The SMILES string of the molecule is CC[C@H](O)[C@@H](C)[C@H]1O[C@@H]1CC(C)(O)/C=C/C=C(\C)[C@H]1OC(=O)C[C@H](O)CC[C@@](C)(OC(=O)N2CCNCC2)[C@@H](OC(C)=O)/C=C/[C@@H]1C. The molecule has 12 nitrogen and oxygen atoms in total. The lowest BCUT2D eigenvalue weighted by atomic mass is 9.88. The molecule has 3 heterocycles. The Morgan fingerprint density at radius 2 is 1.94 bits per heavy atom. The third kappa shape index (κ3) is 11.7. The van der Waals surface area contributed by atoms with Gasteiger partial charge in [-0.3, -0.25) is 9.59 Å². The summed E-state index contributed by atoms with van der Waals surface area (Å²) in [5.74, 6) is -1.56. The third-order valence-corrected chi connectivity index (χ3v) is 9.33. The molecule has 47 heavy (non-hydrogen) atoms. The van der Waals surface area contributed by atoms with Crippen molar-refractivity contribution in [3.63, 3.8) is 0 Å². The number of nitrogens with zero attached hydrogens (tertiary/aromatic N) is 1. The molecular formula is C35H56N2O10. The molecule has 1 unspecified atom stereocenters. The van der Waals surface area contributed by atoms with Gasteiger partial charge in [0.1, 0.15) is 6.10 Å². The molecule has 2 fully saturated rings. The zero-order chi connectivity index (χ0) is 34.9. The molecule has 0 aromatic carbocycles. The van der Waals surface area contributed by atoms with E-state index in [4.69, 9.17) is 18.9 Å². The van der Waals surface area contributed by atoms with E-state index in [0.29, 0.717) is 44.6 Å². The minimum absolute atomic E-state index is 0.0201. The molecule has 0 aliphatic carbocycles. The molecule has 0 spiro atoms. The number of carbonyl (C=O) groups is 3. The predicted molar refractivity (Wildman–Crippen MR) is 175 cm³/mol. The average molecular weight is 665 g/mol. The summed E-state index contributed by atoms with van der Waals surface area (Å²) in [6.07, 6.45) is 5.52. The topological polar surface area (TPSA) is 167 Å². The van der Waals surface area contributed by atoms with Gasteiger partial charge in [0, 0.05) is 51.4 Å². The van der Waals surface area contributed by atoms with Crippen LogP contribution in [0.3, 0.4) is 0 Å². The van der Waals surface area contributed by atoms with Crippen LogP contribution in [0.15, 0.2) is 36.0 Å². The summed E-state index contributed by atoms with van der Waals surface area (Å²) in [7, 11) is 0. The summed E-state index contributed by atoms with van der Waals surface area (Å²) >= 11 is 0. The molecule has 4 N–H and O–H groups in total. The number of hydrogen-bond acceptors (Lipinski definition) is 11. The lowest BCUT2D eigenvalue weighted by Gasteiger charge is -2.38. The highest BCUT2D eigenvalue weighted by Gasteiger charge is 2.47. The van der Waals surface area contributed by atoms with Crippen molar-refractivity contribution >= 4 is 18.0 Å². The van der Waals surface area contributed by atoms with E-state index in [1.165, 1.54) is 6.92 Å². The lowest BCUT2D eigenvalue weighted by molar-refractivity contribution is -0.158. The molecule has 3 rings (SSSR count). The van der Waals surface area contributed by atoms with Gasteiger partial charge in [-0.2, -0.15) is 0 Å². The van der Waals surface area contributed by atoms with Gasteiger partial charge in [0.05, 0.1) is 36.4 Å². The largest absolute Gasteiger partial charge is 0.457 e. The van der Waals surface area contributed by atoms with Crippen LogP contribution < -0.4 is 5.32 Å². The Bertz CT molecular complexity index is 1160. The molecule has 1 amide bonds. The van der Waals surface area contributed by atoms with Gasteiger partial charge in [-0.1, -0.05) is 45.1 Å². The fourth-order valence-corrected chi connectivity index (χ4v) is 6.19. The average Bonchev–Trinajstić information content (AvgIpc) is 3.77. The Morgan fingerprint density at radius 1 is 1.26 bits per heavy atom. The van der Waals surface area contributed by atoms with Crippen LogP contribution in [0.4, 0.5) is 4.79 Å². The van der Waals surface area contributed by atoms with Crippen LogP contribution in [0.25, 0.3) is 0 Å². The highest BCUT2D eigenvalue weighted by Crippen LogP contribution is 2.37. The Labute approximate surface area is 279 Å². The molecule has 12 heteroatoms. The summed E-state index contributed by atoms with van der Waals surface area (Å²) < 4.78 is 23.3. The normalized spacial score (nSPS) is 34.2. The van der Waals surface area contributed by atoms with E-state index < -0.39 is 59.6 Å². The summed E-state index contributed by atoms with van der Waals surface area (Å²) in [5, 5.41) is 35.1. The molecular weight excluding hydrogens is 608 g/mol. The fourth-order valence-electron chi connectivity index (χ4n) is 6.19. The van der Waals surface area contributed by atoms with Gasteiger partial charge in [-0.25, -0.2) is 4.79 Å². The van der Waals surface area contributed by atoms with Gasteiger partial charge >= 0.3 is 18.0 Å². The third-order valence-electron chi connectivity index (χ3n) is 9.33. The monoisotopic (exact) mass is 664 g/mol. The zero-order valence-electron chi connectivity index (χ0n) is 29.0. The van der Waals surface area contributed by atoms with E-state index in [9.17, 15) is 29.7 Å². The maximum Gasteiger partial charge on any atom is 0.410 e. The number of nitrogens with one attached hydrogen (secondary N) is 1. The van der Waals surface area contributed by atoms with Crippen molar-refractivity contribution in [2.75, 3.05) is 26.2 Å². The van der Waals surface area contributed by atoms with Gasteiger partial charge in [-0.05, 0) is 51.7 Å². The fraction of sp³-hybridized carbons (Fsp3) is 0.743. The predicted octanol–water partition coefficient (Wildman–Crippen LogP) is 3.19. The number of hydrogen-bond donors (Lipinski definition) is 4. The first kappa shape index (κ1) is 38.7. The maximum absolute atomic E-state index is 13.2. The number of esters is 2. The number of amides is 1. The van der Waals surface area contributed by atoms with E-state index in [0.717, 1.165) is 0 Å². The smallest absolute Gasteiger partial charge is 0.410 e. The second-order valence-electron chi connectivity index (χ2n) is 13.8. The van der Waals surface area contributed by atoms with Gasteiger partial charge in [0.25, 0.3) is 0 Å². The standard InChI is InChI=1S/C35H56N2O10/c1-8-27(40)24(4)32-28(45-32)21-34(6,43)14-9-10-22(2)31-23(3)11-12-29(44-25(5)38)35(7,15-13-26(39)20-30(41)46-31)47-33(42)37-18-16-36-17-19-37/h9-12,14,23-24,26-29,31-32,36,39-40,43H,8,13,15-21H2,1-7H3/b12-11+,14-9+,22-10+/t23-,24+,26+,27-,28+,29-,31+,32+,34?,35+/m0/s1. The van der Waals surface area contributed by atoms with Crippen LogP contribution in [0.1, 0.15) is 80.6 Å². The van der Waals surface area contributed by atoms with E-state index in [1.54, 1.807) is 56.1 Å². The molecule has 0 bridgehead atoms. The number of carbonyl (C=O) groups excluding carboxylic acids is 3. The molecule has 266 valence electrons. The number of piperazine rings is 1. The first-order chi connectivity index (χ1) is 22.0. The Morgan fingerprint density at radius 3 is 2.57 bits per heavy atom. The van der Waals surface area contributed by atoms with Gasteiger partial charge in [0.15, 0.2) is 11.7 Å². The van der Waals surface area contributed by atoms with Crippen molar-refractivity contribution in [1.82, 2.24) is 10.2 Å². The van der Waals surface area contributed by atoms with Crippen LogP contribution in [0, 0.1) is 11.8 Å². The van der Waals surface area contributed by atoms with E-state index >= 15 is 0 Å². The molecule has 0 saturated carbocycles. The maximum atomic E-state index is 13.2. The number of aliphatic hydroxyl groups is 3. The van der Waals surface area contributed by atoms with Gasteiger partial charge < -0.3 is 44.5 Å². The van der Waals surface area contributed by atoms with Crippen LogP contribution >= 0.6 is 0 Å². The van der Waals surface area contributed by atoms with E-state index in [1.807, 2.05) is 20.8 Å². The summed E-state index contributed by atoms with van der Waals surface area (Å²) in [4.78, 5) is 39.9. The van der Waals surface area contributed by atoms with E-state index in [2.05, 4.69) is 5.32 Å². The van der Waals surface area contributed by atoms with Crippen molar-refractivity contribution in [2.24, 2.45) is 11.8 Å². The molecule has 2 saturated heterocycles. The van der Waals surface area contributed by atoms with Crippen molar-refractivity contribution in [3.8, 4) is 0 Å². The minimum Gasteiger partial charge on any atom is -0.457 e. The van der Waals surface area contributed by atoms with Crippen LogP contribution in [0.2, 0.25) is 0 Å². The highest BCUT2D eigenvalue weighted by atomic mass is 16.6. The van der Waals surface area contributed by atoms with Crippen LogP contribution in [-0.4, -0.2) is 112 Å². The first-order valence-electron chi connectivity index (χ1n) is 16.9. The Hall–Kier alpha value is -2.77. The highest BCUT2D eigenvalue weighted by molar-refractivity contribution is 5.71. The summed E-state index contributed by atoms with van der Waals surface area (Å²) in [5.41, 5.74) is -1.80. The zero-order valence-corrected chi connectivity index (χ0v) is 29.0. The number of allylic oxidation sites excluding steroid dienone is 2. The molecule has 3 aliphatic rings. The quantitative estimate of drug-likeness (QED) is 0.0891. The first-order valence-corrected chi connectivity index (χ1v) is 16.9. The second-order valence-corrected chi connectivity index (χ2v) is 13.8. The van der Waals surface area contributed by atoms with E-state index in [-0.39, 0.29) is 37.4 Å². The molecule has 3 aliphatic heterocycles. The number of rotatable bonds is 10. The number of aliphatic hydroxyl groups excluding tert-OH is 2. The Kier molecular flexibility index (Phi) is 14.0. The summed E-state index contributed by atoms with van der Waals surface area (Å²) in [6, 6.07) is 0. The van der Waals surface area contributed by atoms with Crippen LogP contribution in [-0.2, 0) is 28.5 Å². The Balaban J connectivity index is 1.80.